The van der Waals surface area contributed by atoms with E-state index in [0.717, 1.165) is 11.1 Å². The average molecular weight is 242 g/mol. The summed E-state index contributed by atoms with van der Waals surface area (Å²) in [5, 5.41) is 8.61. The third-order valence-corrected chi connectivity index (χ3v) is 3.36. The predicted octanol–water partition coefficient (Wildman–Crippen LogP) is 3.25. The van der Waals surface area contributed by atoms with E-state index in [4.69, 9.17) is 5.11 Å². The topological polar surface area (TPSA) is 37.3 Å². The molecule has 1 fully saturated rings. The fourth-order valence-corrected chi connectivity index (χ4v) is 2.26. The minimum Gasteiger partial charge on any atom is -0.481 e. The second-order valence-electron chi connectivity index (χ2n) is 4.84. The summed E-state index contributed by atoms with van der Waals surface area (Å²) < 4.78 is 0. The van der Waals surface area contributed by atoms with Crippen LogP contribution in [-0.4, -0.2) is 11.1 Å². The van der Waals surface area contributed by atoms with Crippen molar-refractivity contribution in [3.63, 3.8) is 0 Å². The summed E-state index contributed by atoms with van der Waals surface area (Å²) in [6, 6.07) is 7.92. The lowest BCUT2D eigenvalue weighted by Gasteiger charge is -1.99. The summed E-state index contributed by atoms with van der Waals surface area (Å²) in [6.45, 7) is 0. The first kappa shape index (κ1) is 12.7. The first-order valence-corrected chi connectivity index (χ1v) is 6.56. The summed E-state index contributed by atoms with van der Waals surface area (Å²) in [5.74, 6) is 6.37. The monoisotopic (exact) mass is 242 g/mol. The number of carbonyl (C=O) groups is 1. The molecule has 0 aliphatic heterocycles. The Hall–Kier alpha value is -1.75. The van der Waals surface area contributed by atoms with Gasteiger partial charge in [-0.2, -0.15) is 0 Å². The highest BCUT2D eigenvalue weighted by molar-refractivity contribution is 5.67. The zero-order chi connectivity index (χ0) is 12.8. The minimum absolute atomic E-state index is 0.188. The molecule has 1 N–H and O–H groups in total. The van der Waals surface area contributed by atoms with Gasteiger partial charge in [-0.15, -0.1) is 0 Å². The third kappa shape index (κ3) is 3.92. The fourth-order valence-electron chi connectivity index (χ4n) is 2.26. The van der Waals surface area contributed by atoms with Crippen LogP contribution in [0.5, 0.6) is 0 Å². The lowest BCUT2D eigenvalue weighted by molar-refractivity contribution is -0.136. The highest BCUT2D eigenvalue weighted by atomic mass is 16.4. The van der Waals surface area contributed by atoms with Gasteiger partial charge in [-0.3, -0.25) is 4.79 Å². The number of aryl methyl sites for hydroxylation is 1. The Morgan fingerprint density at radius 3 is 2.50 bits per heavy atom. The summed E-state index contributed by atoms with van der Waals surface area (Å²) in [6.07, 6.45) is 5.88. The van der Waals surface area contributed by atoms with Crippen molar-refractivity contribution >= 4 is 5.97 Å². The molecule has 2 rings (SSSR count). The van der Waals surface area contributed by atoms with E-state index in [9.17, 15) is 4.79 Å². The second-order valence-corrected chi connectivity index (χ2v) is 4.84. The first-order valence-electron chi connectivity index (χ1n) is 6.56. The van der Waals surface area contributed by atoms with E-state index in [1.165, 1.54) is 25.7 Å². The molecule has 1 aromatic rings. The lowest BCUT2D eigenvalue weighted by atomic mass is 10.1. The number of carboxylic acids is 1. The van der Waals surface area contributed by atoms with E-state index in [1.54, 1.807) is 0 Å². The fraction of sp³-hybridized carbons (Fsp3) is 0.438. The van der Waals surface area contributed by atoms with Crippen LogP contribution in [0, 0.1) is 17.8 Å². The van der Waals surface area contributed by atoms with Gasteiger partial charge in [-0.1, -0.05) is 36.8 Å². The average Bonchev–Trinajstić information content (AvgIpc) is 2.88. The number of carboxylic acid groups (broad SMARTS) is 1. The lowest BCUT2D eigenvalue weighted by Crippen LogP contribution is -1.97. The number of benzene rings is 1. The molecule has 1 aliphatic carbocycles. The van der Waals surface area contributed by atoms with Gasteiger partial charge in [0.1, 0.15) is 0 Å². The van der Waals surface area contributed by atoms with Crippen LogP contribution < -0.4 is 0 Å². The molecule has 0 unspecified atom stereocenters. The zero-order valence-corrected chi connectivity index (χ0v) is 10.5. The van der Waals surface area contributed by atoms with E-state index < -0.39 is 5.97 Å². The Kier molecular flexibility index (Phi) is 4.41. The number of rotatable bonds is 3. The van der Waals surface area contributed by atoms with Gasteiger partial charge >= 0.3 is 5.97 Å². The molecule has 2 heteroatoms. The van der Waals surface area contributed by atoms with E-state index in [1.807, 2.05) is 24.3 Å². The second kappa shape index (κ2) is 6.26. The van der Waals surface area contributed by atoms with E-state index in [0.29, 0.717) is 12.3 Å². The van der Waals surface area contributed by atoms with E-state index in [2.05, 4.69) is 11.8 Å². The van der Waals surface area contributed by atoms with Crippen molar-refractivity contribution in [3.05, 3.63) is 35.4 Å². The Morgan fingerprint density at radius 1 is 1.22 bits per heavy atom. The van der Waals surface area contributed by atoms with Crippen molar-refractivity contribution in [2.75, 3.05) is 0 Å². The van der Waals surface area contributed by atoms with Crippen molar-refractivity contribution in [2.24, 2.45) is 5.92 Å². The van der Waals surface area contributed by atoms with Gasteiger partial charge in [0, 0.05) is 17.9 Å². The summed E-state index contributed by atoms with van der Waals surface area (Å²) in [7, 11) is 0. The molecule has 0 atom stereocenters. The molecule has 0 aromatic heterocycles. The van der Waals surface area contributed by atoms with E-state index >= 15 is 0 Å². The van der Waals surface area contributed by atoms with Crippen LogP contribution in [0.15, 0.2) is 24.3 Å². The zero-order valence-electron chi connectivity index (χ0n) is 10.5. The molecule has 0 radical (unpaired) electrons. The smallest absolute Gasteiger partial charge is 0.303 e. The Morgan fingerprint density at radius 2 is 1.89 bits per heavy atom. The molecule has 0 amide bonds. The summed E-state index contributed by atoms with van der Waals surface area (Å²) in [4.78, 5) is 10.5. The molecule has 0 spiro atoms. The van der Waals surface area contributed by atoms with Gasteiger partial charge in [0.05, 0.1) is 0 Å². The van der Waals surface area contributed by atoms with Gasteiger partial charge in [0.25, 0.3) is 0 Å². The summed E-state index contributed by atoms with van der Waals surface area (Å²) in [5.41, 5.74) is 2.09. The van der Waals surface area contributed by atoms with Gasteiger partial charge in [-0.05, 0) is 37.0 Å². The van der Waals surface area contributed by atoms with Crippen molar-refractivity contribution in [3.8, 4) is 11.8 Å². The van der Waals surface area contributed by atoms with Crippen LogP contribution in [-0.2, 0) is 11.2 Å². The maximum atomic E-state index is 10.5. The van der Waals surface area contributed by atoms with Crippen LogP contribution in [0.1, 0.15) is 43.2 Å². The highest BCUT2D eigenvalue weighted by Gasteiger charge is 2.11. The molecular formula is C16H18O2. The van der Waals surface area contributed by atoms with Crippen LogP contribution in [0.25, 0.3) is 0 Å². The van der Waals surface area contributed by atoms with Crippen LogP contribution in [0.4, 0.5) is 0 Å². The largest absolute Gasteiger partial charge is 0.481 e. The Labute approximate surface area is 108 Å². The predicted molar refractivity (Wildman–Crippen MR) is 71.2 cm³/mol. The summed E-state index contributed by atoms with van der Waals surface area (Å²) >= 11 is 0. The van der Waals surface area contributed by atoms with Gasteiger partial charge in [0.15, 0.2) is 0 Å². The van der Waals surface area contributed by atoms with Gasteiger partial charge < -0.3 is 5.11 Å². The van der Waals surface area contributed by atoms with Gasteiger partial charge in [0.2, 0.25) is 0 Å². The minimum atomic E-state index is -0.750. The first-order chi connectivity index (χ1) is 8.74. The SMILES string of the molecule is O=C(O)CCc1ccc(C#CC2CCCC2)cc1. The quantitative estimate of drug-likeness (QED) is 0.826. The molecule has 1 saturated carbocycles. The molecule has 1 aromatic carbocycles. The number of hydrogen-bond acceptors (Lipinski definition) is 1. The number of aliphatic carboxylic acids is 1. The molecule has 1 aliphatic rings. The van der Waals surface area contributed by atoms with Crippen molar-refractivity contribution in [1.29, 1.82) is 0 Å². The highest BCUT2D eigenvalue weighted by Crippen LogP contribution is 2.23. The molecule has 0 bridgehead atoms. The molecule has 0 saturated heterocycles. The third-order valence-electron chi connectivity index (χ3n) is 3.36. The molecule has 2 nitrogen and oxygen atoms in total. The van der Waals surface area contributed by atoms with Crippen LogP contribution in [0.2, 0.25) is 0 Å². The normalized spacial score (nSPS) is 15.1. The molecule has 18 heavy (non-hydrogen) atoms. The van der Waals surface area contributed by atoms with Gasteiger partial charge in [-0.25, -0.2) is 0 Å². The van der Waals surface area contributed by atoms with Crippen molar-refractivity contribution in [2.45, 2.75) is 38.5 Å². The Balaban J connectivity index is 1.92. The van der Waals surface area contributed by atoms with Crippen molar-refractivity contribution < 1.29 is 9.90 Å². The van der Waals surface area contributed by atoms with Crippen molar-refractivity contribution in [1.82, 2.24) is 0 Å². The molecular weight excluding hydrogens is 224 g/mol. The maximum absolute atomic E-state index is 10.5. The standard InChI is InChI=1S/C16H18O2/c17-16(18)12-11-15-9-7-14(8-10-15)6-5-13-3-1-2-4-13/h7-10,13H,1-4,11-12H2,(H,17,18). The molecule has 0 heterocycles. The Bertz CT molecular complexity index is 456. The van der Waals surface area contributed by atoms with Crippen LogP contribution >= 0.6 is 0 Å². The maximum Gasteiger partial charge on any atom is 0.303 e. The van der Waals surface area contributed by atoms with Crippen LogP contribution in [0.3, 0.4) is 0 Å². The van der Waals surface area contributed by atoms with E-state index in [-0.39, 0.29) is 6.42 Å². The molecule has 94 valence electrons. The number of hydrogen-bond donors (Lipinski definition) is 1.